The number of hydrogen-bond acceptors (Lipinski definition) is 2. The molecule has 0 saturated heterocycles. The molecule has 1 aliphatic heterocycles. The van der Waals surface area contributed by atoms with E-state index in [1.54, 1.807) is 6.20 Å². The molecule has 18 heavy (non-hydrogen) atoms. The van der Waals surface area contributed by atoms with Crippen molar-refractivity contribution in [1.29, 1.82) is 0 Å². The van der Waals surface area contributed by atoms with E-state index in [1.165, 1.54) is 16.7 Å². The lowest BCUT2D eigenvalue weighted by molar-refractivity contribution is 0.383. The summed E-state index contributed by atoms with van der Waals surface area (Å²) in [6.07, 6.45) is 1.95. The molecule has 2 nitrogen and oxygen atoms in total. The van der Waals surface area contributed by atoms with E-state index >= 15 is 0 Å². The van der Waals surface area contributed by atoms with E-state index in [4.69, 9.17) is 0 Å². The number of allylic oxidation sites excluding steroid dienone is 1. The molecule has 1 aliphatic rings. The van der Waals surface area contributed by atoms with Gasteiger partial charge >= 0.3 is 0 Å². The van der Waals surface area contributed by atoms with Gasteiger partial charge in [0.15, 0.2) is 0 Å². The van der Waals surface area contributed by atoms with E-state index in [9.17, 15) is 0 Å². The first-order valence-corrected chi connectivity index (χ1v) is 6.48. The van der Waals surface area contributed by atoms with Crippen molar-refractivity contribution in [1.82, 2.24) is 5.32 Å². The summed E-state index contributed by atoms with van der Waals surface area (Å²) in [5.41, 5.74) is 4.93. The first kappa shape index (κ1) is 12.7. The average Bonchev–Trinajstić information content (AvgIpc) is 2.43. The summed E-state index contributed by atoms with van der Waals surface area (Å²) in [6.45, 7) is 14.7. The lowest BCUT2D eigenvalue weighted by Crippen LogP contribution is -2.40. The Kier molecular flexibility index (Phi) is 3.46. The lowest BCUT2D eigenvalue weighted by Gasteiger charge is -2.27. The zero-order valence-corrected chi connectivity index (χ0v) is 11.5. The average molecular weight is 242 g/mol. The summed E-state index contributed by atoms with van der Waals surface area (Å²) in [7, 11) is 0. The van der Waals surface area contributed by atoms with Crippen LogP contribution in [0.25, 0.3) is 5.57 Å². The van der Waals surface area contributed by atoms with Crippen molar-refractivity contribution in [3.63, 3.8) is 0 Å². The molecule has 0 amide bonds. The van der Waals surface area contributed by atoms with Crippen molar-refractivity contribution in [2.45, 2.75) is 26.9 Å². The third-order valence-corrected chi connectivity index (χ3v) is 4.07. The standard InChI is InChI=1S/C16H22N2/c1-6-17-16-13(5)11(3)12(4)15-10(2)8-7-9-14(15)18-16/h6-9,11,13,16-18H,1,4H2,2-3,5H3. The molecule has 0 bridgehead atoms. The van der Waals surface area contributed by atoms with Crippen LogP contribution < -0.4 is 10.6 Å². The van der Waals surface area contributed by atoms with Crippen LogP contribution in [0.15, 0.2) is 37.6 Å². The number of aryl methyl sites for hydroxylation is 1. The van der Waals surface area contributed by atoms with Gasteiger partial charge in [-0.25, -0.2) is 0 Å². The van der Waals surface area contributed by atoms with Crippen LogP contribution >= 0.6 is 0 Å². The summed E-state index contributed by atoms with van der Waals surface area (Å²) < 4.78 is 0. The molecule has 2 N–H and O–H groups in total. The summed E-state index contributed by atoms with van der Waals surface area (Å²) >= 11 is 0. The number of nitrogens with one attached hydrogen (secondary N) is 2. The quantitative estimate of drug-likeness (QED) is 0.825. The monoisotopic (exact) mass is 242 g/mol. The minimum Gasteiger partial charge on any atom is -0.372 e. The van der Waals surface area contributed by atoms with Gasteiger partial charge in [-0.1, -0.05) is 39.1 Å². The second kappa shape index (κ2) is 4.89. The first-order chi connectivity index (χ1) is 8.56. The molecule has 0 aliphatic carbocycles. The summed E-state index contributed by atoms with van der Waals surface area (Å²) in [4.78, 5) is 0. The molecule has 96 valence electrons. The van der Waals surface area contributed by atoms with Crippen molar-refractivity contribution in [3.05, 3.63) is 48.7 Å². The van der Waals surface area contributed by atoms with Gasteiger partial charge in [0, 0.05) is 17.2 Å². The lowest BCUT2D eigenvalue weighted by atomic mass is 9.84. The Morgan fingerprint density at radius 2 is 2.06 bits per heavy atom. The fourth-order valence-electron chi connectivity index (χ4n) is 2.67. The zero-order chi connectivity index (χ0) is 13.3. The second-order valence-electron chi connectivity index (χ2n) is 5.16. The Hall–Kier alpha value is -1.70. The van der Waals surface area contributed by atoms with Gasteiger partial charge in [-0.2, -0.15) is 0 Å². The van der Waals surface area contributed by atoms with Gasteiger partial charge in [0.05, 0.1) is 6.17 Å². The minimum atomic E-state index is 0.192. The first-order valence-electron chi connectivity index (χ1n) is 6.48. The van der Waals surface area contributed by atoms with E-state index < -0.39 is 0 Å². The minimum absolute atomic E-state index is 0.192. The Labute approximate surface area is 110 Å². The molecule has 1 aromatic rings. The molecule has 3 unspecified atom stereocenters. The van der Waals surface area contributed by atoms with E-state index in [1.807, 2.05) is 0 Å². The fourth-order valence-corrected chi connectivity index (χ4v) is 2.67. The van der Waals surface area contributed by atoms with Gasteiger partial charge in [0.1, 0.15) is 0 Å². The predicted octanol–water partition coefficient (Wildman–Crippen LogP) is 3.77. The maximum atomic E-state index is 4.31. The number of hydrogen-bond donors (Lipinski definition) is 2. The highest BCUT2D eigenvalue weighted by atomic mass is 15.1. The highest BCUT2D eigenvalue weighted by molar-refractivity contribution is 5.79. The van der Waals surface area contributed by atoms with Crippen LogP contribution in [-0.2, 0) is 0 Å². The largest absolute Gasteiger partial charge is 0.372 e. The maximum Gasteiger partial charge on any atom is 0.0991 e. The summed E-state index contributed by atoms with van der Waals surface area (Å²) in [5.74, 6) is 0.875. The molecule has 0 aromatic heterocycles. The molecule has 0 fully saturated rings. The van der Waals surface area contributed by atoms with Crippen LogP contribution in [0.4, 0.5) is 5.69 Å². The number of rotatable bonds is 2. The third kappa shape index (κ3) is 2.03. The van der Waals surface area contributed by atoms with Crippen LogP contribution in [0.1, 0.15) is 25.0 Å². The molecule has 0 saturated carbocycles. The Balaban J connectivity index is 2.50. The van der Waals surface area contributed by atoms with Crippen molar-refractivity contribution in [2.24, 2.45) is 11.8 Å². The number of anilines is 1. The van der Waals surface area contributed by atoms with Gasteiger partial charge in [-0.05, 0) is 36.2 Å². The van der Waals surface area contributed by atoms with Crippen LogP contribution in [0, 0.1) is 18.8 Å². The van der Waals surface area contributed by atoms with Crippen molar-refractivity contribution >= 4 is 11.3 Å². The van der Waals surface area contributed by atoms with Crippen molar-refractivity contribution < 1.29 is 0 Å². The molecule has 1 aromatic carbocycles. The number of benzene rings is 1. The molecule has 2 rings (SSSR count). The van der Waals surface area contributed by atoms with Gasteiger partial charge in [0.2, 0.25) is 0 Å². The maximum absolute atomic E-state index is 4.31. The molecule has 1 heterocycles. The van der Waals surface area contributed by atoms with Gasteiger partial charge in [0.25, 0.3) is 0 Å². The Bertz CT molecular complexity index is 476. The van der Waals surface area contributed by atoms with Crippen molar-refractivity contribution in [2.75, 3.05) is 5.32 Å². The molecule has 0 radical (unpaired) electrons. The molecular formula is C16H22N2. The second-order valence-corrected chi connectivity index (χ2v) is 5.16. The normalized spacial score (nSPS) is 26.8. The van der Waals surface area contributed by atoms with Crippen LogP contribution in [0.3, 0.4) is 0 Å². The van der Waals surface area contributed by atoms with Crippen LogP contribution in [0.2, 0.25) is 0 Å². The molecule has 2 heteroatoms. The van der Waals surface area contributed by atoms with Crippen LogP contribution in [0.5, 0.6) is 0 Å². The van der Waals surface area contributed by atoms with Crippen molar-refractivity contribution in [3.8, 4) is 0 Å². The highest BCUT2D eigenvalue weighted by Gasteiger charge is 2.29. The molecular weight excluding hydrogens is 220 g/mol. The smallest absolute Gasteiger partial charge is 0.0991 e. The highest BCUT2D eigenvalue weighted by Crippen LogP contribution is 2.39. The third-order valence-electron chi connectivity index (χ3n) is 4.07. The molecule has 0 spiro atoms. The Morgan fingerprint density at radius 1 is 1.33 bits per heavy atom. The predicted molar refractivity (Wildman–Crippen MR) is 79.3 cm³/mol. The number of fused-ring (bicyclic) bond motifs is 1. The SMILES string of the molecule is C=CNC1Nc2cccc(C)c2C(=C)C(C)C1C. The van der Waals surface area contributed by atoms with E-state index in [0.29, 0.717) is 11.8 Å². The summed E-state index contributed by atoms with van der Waals surface area (Å²) in [5, 5.41) is 6.87. The van der Waals surface area contributed by atoms with Gasteiger partial charge in [-0.15, -0.1) is 0 Å². The van der Waals surface area contributed by atoms with E-state index in [2.05, 4.69) is 62.8 Å². The van der Waals surface area contributed by atoms with Crippen LogP contribution in [-0.4, -0.2) is 6.17 Å². The fraction of sp³-hybridized carbons (Fsp3) is 0.375. The van der Waals surface area contributed by atoms with E-state index in [-0.39, 0.29) is 6.17 Å². The molecule has 3 atom stereocenters. The Morgan fingerprint density at radius 3 is 2.72 bits per heavy atom. The topological polar surface area (TPSA) is 24.1 Å². The van der Waals surface area contributed by atoms with Gasteiger partial charge < -0.3 is 10.6 Å². The zero-order valence-electron chi connectivity index (χ0n) is 11.5. The van der Waals surface area contributed by atoms with Gasteiger partial charge in [-0.3, -0.25) is 0 Å². The summed E-state index contributed by atoms with van der Waals surface area (Å²) in [6, 6.07) is 6.35. The van der Waals surface area contributed by atoms with E-state index in [0.717, 1.165) is 5.69 Å².